The molecule has 30 heavy (non-hydrogen) atoms. The maximum atomic E-state index is 11.4. The molecule has 1 aromatic carbocycles. The molecule has 0 bridgehead atoms. The fourth-order valence-electron chi connectivity index (χ4n) is 2.94. The highest BCUT2D eigenvalue weighted by atomic mass is 32.2. The highest BCUT2D eigenvalue weighted by Crippen LogP contribution is 2.40. The lowest BCUT2D eigenvalue weighted by atomic mass is 10.1. The normalized spacial score (nSPS) is 15.9. The molecule has 4 rings (SSSR count). The molecule has 3 N–H and O–H groups in total. The second-order valence-electron chi connectivity index (χ2n) is 7.59. The first-order valence-corrected chi connectivity index (χ1v) is 11.0. The Hall–Kier alpha value is -3.22. The van der Waals surface area contributed by atoms with Crippen molar-refractivity contribution in [3.8, 4) is 18.2 Å². The minimum absolute atomic E-state index is 0.0594. The van der Waals surface area contributed by atoms with E-state index in [1.807, 2.05) is 13.8 Å². The van der Waals surface area contributed by atoms with E-state index in [2.05, 4.69) is 26.2 Å². The summed E-state index contributed by atoms with van der Waals surface area (Å²) in [4.78, 5) is 13.6. The number of anilines is 1. The van der Waals surface area contributed by atoms with E-state index < -0.39 is 10.0 Å². The largest absolute Gasteiger partial charge is 0.470 e. The van der Waals surface area contributed by atoms with Crippen LogP contribution in [0.2, 0.25) is 0 Å². The van der Waals surface area contributed by atoms with Crippen LogP contribution >= 0.6 is 0 Å². The summed E-state index contributed by atoms with van der Waals surface area (Å²) >= 11 is 0. The predicted molar refractivity (Wildman–Crippen MR) is 113 cm³/mol. The molecule has 1 unspecified atom stereocenters. The SMILES string of the molecule is C#Cc1ccc2nc(NC(C)c3ccc(S(N)(=O)=O)cc3)nc(OC3(C)CC3)c2n1. The smallest absolute Gasteiger partial charge is 0.246 e. The van der Waals surface area contributed by atoms with Gasteiger partial charge in [0, 0.05) is 0 Å². The van der Waals surface area contributed by atoms with Crippen LogP contribution in [-0.2, 0) is 10.0 Å². The molecule has 0 saturated heterocycles. The van der Waals surface area contributed by atoms with Gasteiger partial charge in [-0.25, -0.2) is 23.5 Å². The summed E-state index contributed by atoms with van der Waals surface area (Å²) < 4.78 is 29.0. The van der Waals surface area contributed by atoms with E-state index in [-0.39, 0.29) is 16.5 Å². The van der Waals surface area contributed by atoms with Gasteiger partial charge in [0.05, 0.1) is 16.5 Å². The number of primary sulfonamides is 1. The van der Waals surface area contributed by atoms with Crippen LogP contribution in [-0.4, -0.2) is 29.0 Å². The van der Waals surface area contributed by atoms with Crippen molar-refractivity contribution in [3.05, 3.63) is 47.7 Å². The van der Waals surface area contributed by atoms with Gasteiger partial charge >= 0.3 is 0 Å². The first kappa shape index (κ1) is 20.1. The Kier molecular flexibility index (Phi) is 4.84. The molecule has 1 aliphatic carbocycles. The van der Waals surface area contributed by atoms with E-state index in [9.17, 15) is 8.42 Å². The lowest BCUT2D eigenvalue weighted by Gasteiger charge is -2.18. The number of nitrogens with zero attached hydrogens (tertiary/aromatic N) is 3. The van der Waals surface area contributed by atoms with Crippen molar-refractivity contribution >= 4 is 27.0 Å². The number of pyridine rings is 1. The fourth-order valence-corrected chi connectivity index (χ4v) is 3.45. The van der Waals surface area contributed by atoms with Crippen LogP contribution in [0, 0.1) is 12.3 Å². The Morgan fingerprint density at radius 1 is 1.17 bits per heavy atom. The van der Waals surface area contributed by atoms with Gasteiger partial charge < -0.3 is 10.1 Å². The Labute approximate surface area is 175 Å². The van der Waals surface area contributed by atoms with Crippen LogP contribution in [0.15, 0.2) is 41.3 Å². The zero-order valence-corrected chi connectivity index (χ0v) is 17.4. The van der Waals surface area contributed by atoms with E-state index in [1.165, 1.54) is 12.1 Å². The summed E-state index contributed by atoms with van der Waals surface area (Å²) in [7, 11) is -3.73. The average Bonchev–Trinajstić information content (AvgIpc) is 3.43. The summed E-state index contributed by atoms with van der Waals surface area (Å²) in [5.74, 6) is 3.28. The van der Waals surface area contributed by atoms with Gasteiger partial charge in [-0.3, -0.25) is 0 Å². The minimum atomic E-state index is -3.73. The van der Waals surface area contributed by atoms with Gasteiger partial charge in [0.2, 0.25) is 21.9 Å². The summed E-state index contributed by atoms with van der Waals surface area (Å²) in [5.41, 5.74) is 2.22. The fraction of sp³-hybridized carbons (Fsp3) is 0.286. The highest BCUT2D eigenvalue weighted by molar-refractivity contribution is 7.89. The van der Waals surface area contributed by atoms with Crippen molar-refractivity contribution in [3.63, 3.8) is 0 Å². The van der Waals surface area contributed by atoms with Crippen LogP contribution in [0.4, 0.5) is 5.95 Å². The number of aromatic nitrogens is 3. The van der Waals surface area contributed by atoms with Crippen LogP contribution in [0.1, 0.15) is 44.0 Å². The van der Waals surface area contributed by atoms with Gasteiger partial charge in [-0.05, 0) is 56.5 Å². The Bertz CT molecular complexity index is 1260. The van der Waals surface area contributed by atoms with E-state index in [0.29, 0.717) is 28.6 Å². The number of terminal acetylenes is 1. The highest BCUT2D eigenvalue weighted by Gasteiger charge is 2.41. The van der Waals surface area contributed by atoms with Crippen molar-refractivity contribution in [2.45, 2.75) is 43.2 Å². The van der Waals surface area contributed by atoms with Gasteiger partial charge in [-0.2, -0.15) is 4.98 Å². The summed E-state index contributed by atoms with van der Waals surface area (Å²) in [6.45, 7) is 3.94. The molecule has 2 heterocycles. The molecular formula is C21H21N5O3S. The maximum Gasteiger partial charge on any atom is 0.246 e. The Balaban J connectivity index is 1.66. The molecule has 0 amide bonds. The number of ether oxygens (including phenoxy) is 1. The number of fused-ring (bicyclic) bond motifs is 1. The van der Waals surface area contributed by atoms with Crippen molar-refractivity contribution in [1.82, 2.24) is 15.0 Å². The topological polar surface area (TPSA) is 120 Å². The van der Waals surface area contributed by atoms with Gasteiger partial charge in [-0.1, -0.05) is 18.1 Å². The number of rotatable bonds is 6. The maximum absolute atomic E-state index is 11.4. The van der Waals surface area contributed by atoms with Gasteiger partial charge in [-0.15, -0.1) is 6.42 Å². The van der Waals surface area contributed by atoms with Gasteiger partial charge in [0.1, 0.15) is 11.3 Å². The molecule has 1 saturated carbocycles. The zero-order valence-electron chi connectivity index (χ0n) is 16.6. The summed E-state index contributed by atoms with van der Waals surface area (Å²) in [6.07, 6.45) is 7.37. The van der Waals surface area contributed by atoms with Crippen molar-refractivity contribution in [1.29, 1.82) is 0 Å². The number of hydrogen-bond donors (Lipinski definition) is 2. The van der Waals surface area contributed by atoms with Crippen molar-refractivity contribution in [2.75, 3.05) is 5.32 Å². The molecule has 3 aromatic rings. The second-order valence-corrected chi connectivity index (χ2v) is 9.15. The van der Waals surface area contributed by atoms with Crippen molar-refractivity contribution in [2.24, 2.45) is 5.14 Å². The second kappa shape index (κ2) is 7.23. The van der Waals surface area contributed by atoms with Crippen molar-refractivity contribution < 1.29 is 13.2 Å². The van der Waals surface area contributed by atoms with Crippen LogP contribution < -0.4 is 15.2 Å². The monoisotopic (exact) mass is 423 g/mol. The minimum Gasteiger partial charge on any atom is -0.470 e. The quantitative estimate of drug-likeness (QED) is 0.585. The molecule has 9 heteroatoms. The third-order valence-corrected chi connectivity index (χ3v) is 5.94. The molecule has 154 valence electrons. The molecular weight excluding hydrogens is 402 g/mol. The van der Waals surface area contributed by atoms with E-state index in [4.69, 9.17) is 16.3 Å². The number of benzene rings is 1. The lowest BCUT2D eigenvalue weighted by Crippen LogP contribution is -2.16. The summed E-state index contributed by atoms with van der Waals surface area (Å²) in [6, 6.07) is 9.65. The Morgan fingerprint density at radius 3 is 2.47 bits per heavy atom. The standard InChI is InChI=1S/C21H21N5O3S/c1-4-15-7-10-17-18(24-15)19(29-21(3)11-12-21)26-20(25-17)23-13(2)14-5-8-16(9-6-14)30(22,27)28/h1,5-10,13H,11-12H2,2-3H3,(H2,22,27,28)(H,23,25,26). The molecule has 0 radical (unpaired) electrons. The molecule has 8 nitrogen and oxygen atoms in total. The lowest BCUT2D eigenvalue weighted by molar-refractivity contribution is 0.194. The Morgan fingerprint density at radius 2 is 1.87 bits per heavy atom. The number of nitrogens with two attached hydrogens (primary N) is 1. The number of hydrogen-bond acceptors (Lipinski definition) is 7. The molecule has 0 spiro atoms. The molecule has 1 fully saturated rings. The molecule has 1 atom stereocenters. The molecule has 2 aromatic heterocycles. The number of sulfonamides is 1. The first-order valence-electron chi connectivity index (χ1n) is 9.41. The molecule has 1 aliphatic rings. The predicted octanol–water partition coefficient (Wildman–Crippen LogP) is 2.76. The van der Waals surface area contributed by atoms with Crippen LogP contribution in [0.25, 0.3) is 11.0 Å². The van der Waals surface area contributed by atoms with Crippen LogP contribution in [0.3, 0.4) is 0 Å². The van der Waals surface area contributed by atoms with Gasteiger partial charge in [0.15, 0.2) is 5.52 Å². The summed E-state index contributed by atoms with van der Waals surface area (Å²) in [5, 5.41) is 8.39. The van der Waals surface area contributed by atoms with E-state index >= 15 is 0 Å². The first-order chi connectivity index (χ1) is 14.2. The van der Waals surface area contributed by atoms with E-state index in [0.717, 1.165) is 18.4 Å². The zero-order chi connectivity index (χ0) is 21.5. The average molecular weight is 423 g/mol. The number of nitrogens with one attached hydrogen (secondary N) is 1. The van der Waals surface area contributed by atoms with Crippen LogP contribution in [0.5, 0.6) is 5.88 Å². The third kappa shape index (κ3) is 4.20. The van der Waals surface area contributed by atoms with Gasteiger partial charge in [0.25, 0.3) is 0 Å². The van der Waals surface area contributed by atoms with E-state index in [1.54, 1.807) is 24.3 Å². The molecule has 0 aliphatic heterocycles. The third-order valence-electron chi connectivity index (χ3n) is 5.01.